The number of hydrogen-bond acceptors (Lipinski definition) is 4. The molecule has 1 aromatic heterocycles. The predicted octanol–water partition coefficient (Wildman–Crippen LogP) is 0.688. The van der Waals surface area contributed by atoms with Gasteiger partial charge in [-0.05, 0) is 39.4 Å². The Morgan fingerprint density at radius 2 is 2.37 bits per heavy atom. The van der Waals surface area contributed by atoms with E-state index in [1.54, 1.807) is 6.33 Å². The van der Waals surface area contributed by atoms with Crippen molar-refractivity contribution in [1.29, 1.82) is 0 Å². The molecule has 1 aromatic rings. The highest BCUT2D eigenvalue weighted by Gasteiger charge is 2.46. The number of rotatable bonds is 3. The lowest BCUT2D eigenvalue weighted by atomic mass is 9.69. The number of piperidine rings is 2. The lowest BCUT2D eigenvalue weighted by molar-refractivity contribution is -0.0686. The van der Waals surface area contributed by atoms with Crippen LogP contribution < -0.4 is 0 Å². The maximum absolute atomic E-state index is 9.88. The minimum absolute atomic E-state index is 0.136. The van der Waals surface area contributed by atoms with Crippen molar-refractivity contribution in [3.05, 3.63) is 18.2 Å². The Labute approximate surface area is 114 Å². The Balaban J connectivity index is 1.70. The molecule has 0 amide bonds. The number of imidazole rings is 1. The van der Waals surface area contributed by atoms with Gasteiger partial charge >= 0.3 is 0 Å². The third kappa shape index (κ3) is 2.42. The number of aliphatic hydroxyl groups is 1. The quantitative estimate of drug-likeness (QED) is 0.843. The van der Waals surface area contributed by atoms with E-state index in [1.807, 2.05) is 6.20 Å². The minimum Gasteiger partial charge on any atom is -0.396 e. The second kappa shape index (κ2) is 5.23. The smallest absolute Gasteiger partial charge is 0.0922 e. The first-order valence-electron chi connectivity index (χ1n) is 7.24. The van der Waals surface area contributed by atoms with Crippen molar-refractivity contribution in [3.8, 4) is 0 Å². The molecule has 106 valence electrons. The Bertz CT molecular complexity index is 408. The molecule has 0 unspecified atom stereocenters. The van der Waals surface area contributed by atoms with Gasteiger partial charge < -0.3 is 15.0 Å². The zero-order chi connectivity index (χ0) is 13.3. The van der Waals surface area contributed by atoms with Crippen LogP contribution in [0.2, 0.25) is 0 Å². The van der Waals surface area contributed by atoms with Crippen molar-refractivity contribution >= 4 is 0 Å². The molecule has 0 aromatic carbocycles. The summed E-state index contributed by atoms with van der Waals surface area (Å²) in [6.07, 6.45) is 7.14. The van der Waals surface area contributed by atoms with E-state index in [9.17, 15) is 5.11 Å². The van der Waals surface area contributed by atoms with E-state index in [1.165, 1.54) is 18.5 Å². The fourth-order valence-corrected chi connectivity index (χ4v) is 3.83. The summed E-state index contributed by atoms with van der Waals surface area (Å²) in [4.78, 5) is 12.2. The summed E-state index contributed by atoms with van der Waals surface area (Å²) in [5, 5.41) is 9.88. The molecule has 2 saturated heterocycles. The number of hydrogen-bond donors (Lipinski definition) is 2. The molecule has 0 spiro atoms. The number of aromatic nitrogens is 2. The van der Waals surface area contributed by atoms with Gasteiger partial charge in [0.1, 0.15) is 0 Å². The SMILES string of the molecule is CN1CCC[C@]2(CO)CCN(Cc3cnc[nH]3)C[C@@H]12. The van der Waals surface area contributed by atoms with Crippen molar-refractivity contribution in [2.24, 2.45) is 5.41 Å². The van der Waals surface area contributed by atoms with Gasteiger partial charge in [-0.2, -0.15) is 0 Å². The van der Waals surface area contributed by atoms with Gasteiger partial charge in [-0.25, -0.2) is 4.98 Å². The summed E-state index contributed by atoms with van der Waals surface area (Å²) in [7, 11) is 2.20. The van der Waals surface area contributed by atoms with Gasteiger partial charge in [0.15, 0.2) is 0 Å². The third-order valence-corrected chi connectivity index (χ3v) is 5.05. The van der Waals surface area contributed by atoms with Crippen LogP contribution in [0.15, 0.2) is 12.5 Å². The number of H-pyrrole nitrogens is 1. The van der Waals surface area contributed by atoms with Gasteiger partial charge in [0.2, 0.25) is 0 Å². The molecular weight excluding hydrogens is 240 g/mol. The predicted molar refractivity (Wildman–Crippen MR) is 73.7 cm³/mol. The summed E-state index contributed by atoms with van der Waals surface area (Å²) in [5.74, 6) is 0. The topological polar surface area (TPSA) is 55.4 Å². The number of aliphatic hydroxyl groups excluding tert-OH is 1. The third-order valence-electron chi connectivity index (χ3n) is 5.05. The summed E-state index contributed by atoms with van der Waals surface area (Å²) in [5.41, 5.74) is 1.31. The first-order valence-corrected chi connectivity index (χ1v) is 7.24. The van der Waals surface area contributed by atoms with Crippen molar-refractivity contribution in [3.63, 3.8) is 0 Å². The number of nitrogens with one attached hydrogen (secondary N) is 1. The molecule has 2 aliphatic heterocycles. The standard InChI is InChI=1S/C14H24N4O/c1-17-5-2-3-14(10-19)4-6-18(9-13(14)17)8-12-7-15-11-16-12/h7,11,13,19H,2-6,8-10H2,1H3,(H,15,16)/t13-,14-/m1/s1. The van der Waals surface area contributed by atoms with Gasteiger partial charge in [-0.1, -0.05) is 0 Å². The second-order valence-electron chi connectivity index (χ2n) is 6.18. The van der Waals surface area contributed by atoms with Crippen molar-refractivity contribution in [2.75, 3.05) is 33.3 Å². The summed E-state index contributed by atoms with van der Waals surface area (Å²) >= 11 is 0. The average molecular weight is 264 g/mol. The Morgan fingerprint density at radius 3 is 3.11 bits per heavy atom. The van der Waals surface area contributed by atoms with E-state index < -0.39 is 0 Å². The zero-order valence-corrected chi connectivity index (χ0v) is 11.7. The summed E-state index contributed by atoms with van der Waals surface area (Å²) in [6, 6.07) is 0.489. The summed E-state index contributed by atoms with van der Waals surface area (Å²) < 4.78 is 0. The molecule has 0 aliphatic carbocycles. The largest absolute Gasteiger partial charge is 0.396 e. The molecule has 3 rings (SSSR count). The molecule has 5 nitrogen and oxygen atoms in total. The van der Waals surface area contributed by atoms with E-state index >= 15 is 0 Å². The van der Waals surface area contributed by atoms with E-state index in [-0.39, 0.29) is 5.41 Å². The molecule has 19 heavy (non-hydrogen) atoms. The van der Waals surface area contributed by atoms with Crippen LogP contribution in [-0.2, 0) is 6.54 Å². The lowest BCUT2D eigenvalue weighted by Gasteiger charge is -2.53. The van der Waals surface area contributed by atoms with Gasteiger partial charge in [0.05, 0.1) is 12.9 Å². The zero-order valence-electron chi connectivity index (χ0n) is 11.7. The molecule has 2 fully saturated rings. The lowest BCUT2D eigenvalue weighted by Crippen LogP contribution is -2.61. The van der Waals surface area contributed by atoms with Gasteiger partial charge in [-0.15, -0.1) is 0 Å². The van der Waals surface area contributed by atoms with Crippen LogP contribution in [-0.4, -0.2) is 64.2 Å². The van der Waals surface area contributed by atoms with Crippen LogP contribution in [0.5, 0.6) is 0 Å². The van der Waals surface area contributed by atoms with Crippen molar-refractivity contribution < 1.29 is 5.11 Å². The fourth-order valence-electron chi connectivity index (χ4n) is 3.83. The first-order chi connectivity index (χ1) is 9.23. The van der Waals surface area contributed by atoms with Crippen LogP contribution >= 0.6 is 0 Å². The Morgan fingerprint density at radius 1 is 1.47 bits per heavy atom. The van der Waals surface area contributed by atoms with E-state index in [4.69, 9.17) is 0 Å². The number of fused-ring (bicyclic) bond motifs is 1. The fraction of sp³-hybridized carbons (Fsp3) is 0.786. The molecule has 2 N–H and O–H groups in total. The average Bonchev–Trinajstić information content (AvgIpc) is 2.93. The molecule has 3 heterocycles. The van der Waals surface area contributed by atoms with Crippen LogP contribution in [0.1, 0.15) is 25.0 Å². The molecule has 2 aliphatic rings. The Hall–Kier alpha value is -0.910. The molecular formula is C14H24N4O. The van der Waals surface area contributed by atoms with Crippen molar-refractivity contribution in [1.82, 2.24) is 19.8 Å². The Kier molecular flexibility index (Phi) is 3.60. The maximum atomic E-state index is 9.88. The van der Waals surface area contributed by atoms with Gasteiger partial charge in [-0.3, -0.25) is 4.90 Å². The second-order valence-corrected chi connectivity index (χ2v) is 6.18. The molecule has 5 heteroatoms. The monoisotopic (exact) mass is 264 g/mol. The maximum Gasteiger partial charge on any atom is 0.0922 e. The normalized spacial score (nSPS) is 33.3. The number of nitrogens with zero attached hydrogens (tertiary/aromatic N) is 3. The van der Waals surface area contributed by atoms with E-state index in [0.29, 0.717) is 12.6 Å². The number of aromatic amines is 1. The van der Waals surface area contributed by atoms with Crippen molar-refractivity contribution in [2.45, 2.75) is 31.8 Å². The van der Waals surface area contributed by atoms with Crippen LogP contribution in [0.25, 0.3) is 0 Å². The molecule has 0 saturated carbocycles. The summed E-state index contributed by atoms with van der Waals surface area (Å²) in [6.45, 7) is 4.55. The number of likely N-dealkylation sites (tertiary alicyclic amines) is 2. The number of likely N-dealkylation sites (N-methyl/N-ethyl adjacent to an activating group) is 1. The van der Waals surface area contributed by atoms with E-state index in [0.717, 1.165) is 32.6 Å². The highest BCUT2D eigenvalue weighted by Crippen LogP contribution is 2.41. The van der Waals surface area contributed by atoms with Gasteiger partial charge in [0, 0.05) is 36.4 Å². The highest BCUT2D eigenvalue weighted by molar-refractivity contribution is 5.02. The van der Waals surface area contributed by atoms with Gasteiger partial charge in [0.25, 0.3) is 0 Å². The van der Waals surface area contributed by atoms with Crippen LogP contribution in [0.4, 0.5) is 0 Å². The minimum atomic E-state index is 0.136. The highest BCUT2D eigenvalue weighted by atomic mass is 16.3. The van der Waals surface area contributed by atoms with Crippen LogP contribution in [0, 0.1) is 5.41 Å². The molecule has 0 radical (unpaired) electrons. The molecule has 0 bridgehead atoms. The van der Waals surface area contributed by atoms with E-state index in [2.05, 4.69) is 26.8 Å². The molecule has 2 atom stereocenters. The first kappa shape index (κ1) is 13.1. The van der Waals surface area contributed by atoms with Crippen LogP contribution in [0.3, 0.4) is 0 Å².